The van der Waals surface area contributed by atoms with E-state index in [0.29, 0.717) is 6.54 Å². The molecule has 7 heteroatoms. The molecule has 7 nitrogen and oxygen atoms in total. The fourth-order valence-corrected chi connectivity index (χ4v) is 2.50. The van der Waals surface area contributed by atoms with Crippen molar-refractivity contribution in [3.63, 3.8) is 0 Å². The van der Waals surface area contributed by atoms with Crippen LogP contribution in [-0.4, -0.2) is 50.5 Å². The van der Waals surface area contributed by atoms with Crippen LogP contribution in [0.3, 0.4) is 0 Å². The molecule has 0 aromatic carbocycles. The highest BCUT2D eigenvalue weighted by Crippen LogP contribution is 2.18. The second-order valence-electron chi connectivity index (χ2n) is 6.60. The van der Waals surface area contributed by atoms with Crippen LogP contribution in [0.15, 0.2) is 6.33 Å². The number of hydrogen-bond acceptors (Lipinski definition) is 5. The van der Waals surface area contributed by atoms with Crippen molar-refractivity contribution >= 4 is 6.09 Å². The van der Waals surface area contributed by atoms with E-state index in [1.54, 1.807) is 11.2 Å². The number of carbonyl (C=O) groups excluding carboxylic acids is 1. The predicted octanol–water partition coefficient (Wildman–Crippen LogP) is 1.48. The van der Waals surface area contributed by atoms with Gasteiger partial charge in [0.25, 0.3) is 0 Å². The van der Waals surface area contributed by atoms with Crippen LogP contribution in [0.4, 0.5) is 4.79 Å². The third kappa shape index (κ3) is 4.17. The minimum atomic E-state index is -0.450. The van der Waals surface area contributed by atoms with Crippen LogP contribution in [0.2, 0.25) is 0 Å². The Morgan fingerprint density at radius 1 is 1.52 bits per heavy atom. The van der Waals surface area contributed by atoms with E-state index >= 15 is 0 Å². The lowest BCUT2D eigenvalue weighted by Gasteiger charge is -2.25. The number of amides is 1. The van der Waals surface area contributed by atoms with Crippen LogP contribution < -0.4 is 5.32 Å². The van der Waals surface area contributed by atoms with E-state index < -0.39 is 5.60 Å². The van der Waals surface area contributed by atoms with Crippen LogP contribution in [-0.2, 0) is 11.8 Å². The van der Waals surface area contributed by atoms with E-state index in [4.69, 9.17) is 4.74 Å². The molecule has 118 valence electrons. The maximum Gasteiger partial charge on any atom is 0.410 e. The summed E-state index contributed by atoms with van der Waals surface area (Å²) < 4.78 is 7.30. The monoisotopic (exact) mass is 295 g/mol. The summed E-state index contributed by atoms with van der Waals surface area (Å²) in [7, 11) is 1.93. The zero-order chi connectivity index (χ0) is 15.6. The first-order valence-corrected chi connectivity index (χ1v) is 7.34. The van der Waals surface area contributed by atoms with Crippen molar-refractivity contribution in [1.29, 1.82) is 0 Å². The van der Waals surface area contributed by atoms with Crippen molar-refractivity contribution in [3.05, 3.63) is 12.2 Å². The Morgan fingerprint density at radius 3 is 2.81 bits per heavy atom. The van der Waals surface area contributed by atoms with Gasteiger partial charge in [0.2, 0.25) is 0 Å². The van der Waals surface area contributed by atoms with E-state index in [2.05, 4.69) is 22.4 Å². The quantitative estimate of drug-likeness (QED) is 0.914. The molecule has 1 amide bonds. The number of likely N-dealkylation sites (tertiary alicyclic amines) is 1. The number of rotatable bonds is 3. The van der Waals surface area contributed by atoms with Gasteiger partial charge in [0.1, 0.15) is 17.8 Å². The minimum absolute atomic E-state index is 0.0982. The van der Waals surface area contributed by atoms with Gasteiger partial charge in [-0.3, -0.25) is 0 Å². The predicted molar refractivity (Wildman–Crippen MR) is 78.8 cm³/mol. The summed E-state index contributed by atoms with van der Waals surface area (Å²) in [5, 5.41) is 11.5. The molecular formula is C14H25N5O2. The Labute approximate surface area is 125 Å². The standard InChI is InChI=1S/C14H25N5O2/c1-10(12-17-15-9-18(12)5)16-11-6-7-19(8-11)13(20)21-14(2,3)4/h9-11,16H,6-8H2,1-5H3. The first-order valence-electron chi connectivity index (χ1n) is 7.34. The van der Waals surface area contributed by atoms with Gasteiger partial charge in [-0.05, 0) is 34.1 Å². The lowest BCUT2D eigenvalue weighted by molar-refractivity contribution is 0.0290. The van der Waals surface area contributed by atoms with Crippen LogP contribution in [0.5, 0.6) is 0 Å². The number of hydrogen-bond donors (Lipinski definition) is 1. The zero-order valence-corrected chi connectivity index (χ0v) is 13.5. The average molecular weight is 295 g/mol. The zero-order valence-electron chi connectivity index (χ0n) is 13.5. The highest BCUT2D eigenvalue weighted by Gasteiger charge is 2.30. The topological polar surface area (TPSA) is 72.3 Å². The third-order valence-corrected chi connectivity index (χ3v) is 3.46. The molecular weight excluding hydrogens is 270 g/mol. The van der Waals surface area contributed by atoms with Crippen molar-refractivity contribution in [3.8, 4) is 0 Å². The summed E-state index contributed by atoms with van der Waals surface area (Å²) in [5.41, 5.74) is -0.450. The minimum Gasteiger partial charge on any atom is -0.444 e. The Hall–Kier alpha value is -1.63. The summed E-state index contributed by atoms with van der Waals surface area (Å²) in [5.74, 6) is 0.894. The van der Waals surface area contributed by atoms with Gasteiger partial charge in [-0.1, -0.05) is 0 Å². The molecule has 1 aromatic rings. The van der Waals surface area contributed by atoms with Crippen molar-refractivity contribution in [2.75, 3.05) is 13.1 Å². The Balaban J connectivity index is 1.85. The summed E-state index contributed by atoms with van der Waals surface area (Å²) in [4.78, 5) is 13.8. The fraction of sp³-hybridized carbons (Fsp3) is 0.786. The molecule has 0 saturated carbocycles. The summed E-state index contributed by atoms with van der Waals surface area (Å²) in [6.45, 7) is 9.09. The molecule has 0 spiro atoms. The van der Waals surface area contributed by atoms with Gasteiger partial charge in [-0.15, -0.1) is 10.2 Å². The summed E-state index contributed by atoms with van der Waals surface area (Å²) >= 11 is 0. The molecule has 1 aliphatic heterocycles. The first-order chi connectivity index (χ1) is 9.76. The van der Waals surface area contributed by atoms with E-state index in [0.717, 1.165) is 18.8 Å². The normalized spacial score (nSPS) is 20.6. The van der Waals surface area contributed by atoms with Gasteiger partial charge in [0.05, 0.1) is 6.04 Å². The number of nitrogens with one attached hydrogen (secondary N) is 1. The molecule has 1 saturated heterocycles. The number of ether oxygens (including phenoxy) is 1. The molecule has 0 aliphatic carbocycles. The average Bonchev–Trinajstić information content (AvgIpc) is 2.95. The highest BCUT2D eigenvalue weighted by atomic mass is 16.6. The molecule has 1 aliphatic rings. The number of aryl methyl sites for hydroxylation is 1. The molecule has 2 unspecified atom stereocenters. The number of nitrogens with zero attached hydrogens (tertiary/aromatic N) is 4. The second-order valence-corrected chi connectivity index (χ2v) is 6.60. The summed E-state index contributed by atoms with van der Waals surface area (Å²) in [6.07, 6.45) is 2.37. The Kier molecular flexibility index (Phi) is 4.51. The van der Waals surface area contributed by atoms with Crippen LogP contribution in [0, 0.1) is 0 Å². The van der Waals surface area contributed by atoms with E-state index in [-0.39, 0.29) is 18.2 Å². The first kappa shape index (κ1) is 15.8. The smallest absolute Gasteiger partial charge is 0.410 e. The van der Waals surface area contributed by atoms with Crippen molar-refractivity contribution < 1.29 is 9.53 Å². The highest BCUT2D eigenvalue weighted by molar-refractivity contribution is 5.68. The molecule has 1 fully saturated rings. The van der Waals surface area contributed by atoms with Gasteiger partial charge < -0.3 is 19.5 Å². The molecule has 2 heterocycles. The maximum absolute atomic E-state index is 12.0. The van der Waals surface area contributed by atoms with Gasteiger partial charge in [0.15, 0.2) is 0 Å². The maximum atomic E-state index is 12.0. The molecule has 2 atom stereocenters. The SMILES string of the molecule is CC(NC1CCN(C(=O)OC(C)(C)C)C1)c1nncn1C. The van der Waals surface area contributed by atoms with E-state index in [1.165, 1.54) is 0 Å². The van der Waals surface area contributed by atoms with Gasteiger partial charge >= 0.3 is 6.09 Å². The Morgan fingerprint density at radius 2 is 2.24 bits per heavy atom. The number of aromatic nitrogens is 3. The van der Waals surface area contributed by atoms with Crippen LogP contribution in [0.1, 0.15) is 46.0 Å². The van der Waals surface area contributed by atoms with Crippen molar-refractivity contribution in [2.24, 2.45) is 7.05 Å². The fourth-order valence-electron chi connectivity index (χ4n) is 2.50. The van der Waals surface area contributed by atoms with Crippen LogP contribution >= 0.6 is 0 Å². The van der Waals surface area contributed by atoms with Gasteiger partial charge in [-0.25, -0.2) is 4.79 Å². The molecule has 0 radical (unpaired) electrons. The third-order valence-electron chi connectivity index (χ3n) is 3.46. The second kappa shape index (κ2) is 6.01. The molecule has 0 bridgehead atoms. The van der Waals surface area contributed by atoms with E-state index in [9.17, 15) is 4.79 Å². The lowest BCUT2D eigenvalue weighted by Crippen LogP contribution is -2.39. The van der Waals surface area contributed by atoms with Gasteiger partial charge in [0, 0.05) is 26.2 Å². The molecule has 2 rings (SSSR count). The molecule has 1 N–H and O–H groups in total. The Bertz CT molecular complexity index is 494. The number of carbonyl (C=O) groups is 1. The molecule has 1 aromatic heterocycles. The van der Waals surface area contributed by atoms with Crippen molar-refractivity contribution in [1.82, 2.24) is 25.0 Å². The lowest BCUT2D eigenvalue weighted by atomic mass is 10.2. The van der Waals surface area contributed by atoms with E-state index in [1.807, 2.05) is 32.4 Å². The largest absolute Gasteiger partial charge is 0.444 e. The van der Waals surface area contributed by atoms with Gasteiger partial charge in [-0.2, -0.15) is 0 Å². The van der Waals surface area contributed by atoms with Crippen molar-refractivity contribution in [2.45, 2.75) is 51.8 Å². The van der Waals surface area contributed by atoms with Crippen LogP contribution in [0.25, 0.3) is 0 Å². The molecule has 21 heavy (non-hydrogen) atoms. The summed E-state index contributed by atoms with van der Waals surface area (Å²) in [6, 6.07) is 0.352.